The second-order valence-corrected chi connectivity index (χ2v) is 4.61. The van der Waals surface area contributed by atoms with Crippen LogP contribution in [-0.2, 0) is 0 Å². The maximum atomic E-state index is 12.0. The average Bonchev–Trinajstić information content (AvgIpc) is 2.47. The highest BCUT2D eigenvalue weighted by Gasteiger charge is 2.13. The lowest BCUT2D eigenvalue weighted by molar-refractivity contribution is 0.0938. The lowest BCUT2D eigenvalue weighted by Gasteiger charge is -2.11. The first-order valence-electron chi connectivity index (χ1n) is 6.57. The molecule has 0 bridgehead atoms. The Morgan fingerprint density at radius 3 is 2.75 bits per heavy atom. The van der Waals surface area contributed by atoms with Crippen LogP contribution in [0.2, 0.25) is 0 Å². The number of nitrogens with one attached hydrogen (secondary N) is 2. The summed E-state index contributed by atoms with van der Waals surface area (Å²) in [4.78, 5) is 30.8. The Balaban J connectivity index is 2.27. The summed E-state index contributed by atoms with van der Waals surface area (Å²) in [5, 5.41) is 2.77. The van der Waals surface area contributed by atoms with Gasteiger partial charge < -0.3 is 10.3 Å². The third-order valence-electron chi connectivity index (χ3n) is 3.08. The summed E-state index contributed by atoms with van der Waals surface area (Å²) >= 11 is 0. The van der Waals surface area contributed by atoms with E-state index in [9.17, 15) is 9.59 Å². The molecule has 0 saturated heterocycles. The van der Waals surface area contributed by atoms with Gasteiger partial charge in [-0.1, -0.05) is 13.0 Å². The van der Waals surface area contributed by atoms with Crippen molar-refractivity contribution in [2.24, 2.45) is 0 Å². The Morgan fingerprint density at radius 1 is 1.35 bits per heavy atom. The Kier molecular flexibility index (Phi) is 4.30. The quantitative estimate of drug-likeness (QED) is 0.892. The Labute approximate surface area is 117 Å². The SMILES string of the molecule is CC[C@@H](C)NC(=O)c1ccc(-c2ccccn2)[nH]c1=O. The van der Waals surface area contributed by atoms with Gasteiger partial charge in [-0.05, 0) is 37.6 Å². The van der Waals surface area contributed by atoms with Crippen LogP contribution in [0.1, 0.15) is 30.6 Å². The van der Waals surface area contributed by atoms with Gasteiger partial charge in [0, 0.05) is 12.2 Å². The van der Waals surface area contributed by atoms with Crippen molar-refractivity contribution in [2.45, 2.75) is 26.3 Å². The molecular weight excluding hydrogens is 254 g/mol. The Bertz CT molecular complexity index is 650. The van der Waals surface area contributed by atoms with E-state index in [1.165, 1.54) is 6.07 Å². The lowest BCUT2D eigenvalue weighted by Crippen LogP contribution is -2.35. The minimum atomic E-state index is -0.408. The first-order valence-corrected chi connectivity index (χ1v) is 6.57. The summed E-state index contributed by atoms with van der Waals surface area (Å²) in [5.41, 5.74) is 0.966. The van der Waals surface area contributed by atoms with Crippen molar-refractivity contribution in [3.8, 4) is 11.4 Å². The molecule has 2 N–H and O–H groups in total. The summed E-state index contributed by atoms with van der Waals surface area (Å²) < 4.78 is 0. The number of pyridine rings is 2. The molecule has 1 atom stereocenters. The molecular formula is C15H17N3O2. The van der Waals surface area contributed by atoms with E-state index in [1.807, 2.05) is 19.9 Å². The van der Waals surface area contributed by atoms with Gasteiger partial charge in [-0.3, -0.25) is 14.6 Å². The fraction of sp³-hybridized carbons (Fsp3) is 0.267. The molecule has 0 saturated carbocycles. The van der Waals surface area contributed by atoms with Crippen LogP contribution in [0.3, 0.4) is 0 Å². The molecule has 0 aliphatic rings. The molecule has 5 heteroatoms. The number of carbonyl (C=O) groups excluding carboxylic acids is 1. The molecule has 2 rings (SSSR count). The third kappa shape index (κ3) is 3.12. The van der Waals surface area contributed by atoms with Gasteiger partial charge in [0.25, 0.3) is 11.5 Å². The summed E-state index contributed by atoms with van der Waals surface area (Å²) in [7, 11) is 0. The zero-order valence-electron chi connectivity index (χ0n) is 11.5. The number of hydrogen-bond donors (Lipinski definition) is 2. The van der Waals surface area contributed by atoms with Gasteiger partial charge in [-0.15, -0.1) is 0 Å². The standard InChI is InChI=1S/C15H17N3O2/c1-3-10(2)17-14(19)11-7-8-13(18-15(11)20)12-6-4-5-9-16-12/h4-10H,3H2,1-2H3,(H,17,19)(H,18,20)/t10-/m1/s1. The minimum absolute atomic E-state index is 0.0392. The number of nitrogens with zero attached hydrogens (tertiary/aromatic N) is 1. The predicted molar refractivity (Wildman–Crippen MR) is 77.5 cm³/mol. The summed E-state index contributed by atoms with van der Waals surface area (Å²) in [6.45, 7) is 3.87. The third-order valence-corrected chi connectivity index (χ3v) is 3.08. The van der Waals surface area contributed by atoms with E-state index in [0.29, 0.717) is 11.4 Å². The van der Waals surface area contributed by atoms with Crippen molar-refractivity contribution < 1.29 is 4.79 Å². The molecule has 0 unspecified atom stereocenters. The summed E-state index contributed by atoms with van der Waals surface area (Å²) in [5.74, 6) is -0.354. The molecule has 0 aliphatic heterocycles. The van der Waals surface area contributed by atoms with Crippen LogP contribution in [-0.4, -0.2) is 21.9 Å². The minimum Gasteiger partial charge on any atom is -0.349 e. The maximum absolute atomic E-state index is 12.0. The molecule has 0 spiro atoms. The predicted octanol–water partition coefficient (Wildman–Crippen LogP) is 1.97. The highest BCUT2D eigenvalue weighted by molar-refractivity contribution is 5.94. The monoisotopic (exact) mass is 271 g/mol. The maximum Gasteiger partial charge on any atom is 0.261 e. The van der Waals surface area contributed by atoms with Crippen molar-refractivity contribution in [1.82, 2.24) is 15.3 Å². The van der Waals surface area contributed by atoms with Crippen molar-refractivity contribution >= 4 is 5.91 Å². The fourth-order valence-electron chi connectivity index (χ4n) is 1.73. The number of rotatable bonds is 4. The summed E-state index contributed by atoms with van der Waals surface area (Å²) in [6.07, 6.45) is 2.47. The molecule has 5 nitrogen and oxygen atoms in total. The second kappa shape index (κ2) is 6.14. The van der Waals surface area contributed by atoms with Crippen LogP contribution >= 0.6 is 0 Å². The molecule has 0 aromatic carbocycles. The number of amides is 1. The molecule has 2 aromatic heterocycles. The number of carbonyl (C=O) groups is 1. The van der Waals surface area contributed by atoms with Crippen LogP contribution in [0, 0.1) is 0 Å². The van der Waals surface area contributed by atoms with Crippen molar-refractivity contribution in [3.63, 3.8) is 0 Å². The molecule has 20 heavy (non-hydrogen) atoms. The molecule has 104 valence electrons. The number of hydrogen-bond acceptors (Lipinski definition) is 3. The highest BCUT2D eigenvalue weighted by Crippen LogP contribution is 2.11. The van der Waals surface area contributed by atoms with Crippen molar-refractivity contribution in [3.05, 3.63) is 52.4 Å². The Hall–Kier alpha value is -2.43. The van der Waals surface area contributed by atoms with Gasteiger partial charge in [-0.25, -0.2) is 0 Å². The first kappa shape index (κ1) is 14.0. The number of aromatic nitrogens is 2. The zero-order chi connectivity index (χ0) is 14.5. The Morgan fingerprint density at radius 2 is 2.15 bits per heavy atom. The van der Waals surface area contributed by atoms with E-state index in [0.717, 1.165) is 6.42 Å². The van der Waals surface area contributed by atoms with Crippen LogP contribution < -0.4 is 10.9 Å². The van der Waals surface area contributed by atoms with E-state index in [1.54, 1.807) is 24.4 Å². The number of aromatic amines is 1. The van der Waals surface area contributed by atoms with Crippen molar-refractivity contribution in [1.29, 1.82) is 0 Å². The average molecular weight is 271 g/mol. The first-order chi connectivity index (χ1) is 9.61. The molecule has 1 amide bonds. The smallest absolute Gasteiger partial charge is 0.261 e. The van der Waals surface area contributed by atoms with Gasteiger partial charge >= 0.3 is 0 Å². The second-order valence-electron chi connectivity index (χ2n) is 4.61. The molecule has 2 aromatic rings. The van der Waals surface area contributed by atoms with Gasteiger partial charge in [0.2, 0.25) is 0 Å². The van der Waals surface area contributed by atoms with Gasteiger partial charge in [0.1, 0.15) is 5.56 Å². The molecule has 2 heterocycles. The summed E-state index contributed by atoms with van der Waals surface area (Å²) in [6, 6.07) is 8.69. The van der Waals surface area contributed by atoms with E-state index in [4.69, 9.17) is 0 Å². The molecule has 0 radical (unpaired) electrons. The molecule has 0 fully saturated rings. The van der Waals surface area contributed by atoms with E-state index >= 15 is 0 Å². The van der Waals surface area contributed by atoms with Gasteiger partial charge in [0.15, 0.2) is 0 Å². The fourth-order valence-corrected chi connectivity index (χ4v) is 1.73. The van der Waals surface area contributed by atoms with E-state index in [2.05, 4.69) is 15.3 Å². The largest absolute Gasteiger partial charge is 0.349 e. The van der Waals surface area contributed by atoms with E-state index < -0.39 is 5.56 Å². The van der Waals surface area contributed by atoms with Crippen LogP contribution in [0.15, 0.2) is 41.3 Å². The van der Waals surface area contributed by atoms with Gasteiger partial charge in [0.05, 0.1) is 11.4 Å². The lowest BCUT2D eigenvalue weighted by atomic mass is 10.2. The highest BCUT2D eigenvalue weighted by atomic mass is 16.2. The molecule has 0 aliphatic carbocycles. The zero-order valence-corrected chi connectivity index (χ0v) is 11.5. The van der Waals surface area contributed by atoms with Crippen LogP contribution in [0.25, 0.3) is 11.4 Å². The van der Waals surface area contributed by atoms with Crippen molar-refractivity contribution in [2.75, 3.05) is 0 Å². The van der Waals surface area contributed by atoms with Crippen LogP contribution in [0.4, 0.5) is 0 Å². The normalized spacial score (nSPS) is 11.9. The number of H-pyrrole nitrogens is 1. The van der Waals surface area contributed by atoms with Crippen LogP contribution in [0.5, 0.6) is 0 Å². The topological polar surface area (TPSA) is 74.8 Å². The van der Waals surface area contributed by atoms with E-state index in [-0.39, 0.29) is 17.5 Å². The van der Waals surface area contributed by atoms with Gasteiger partial charge in [-0.2, -0.15) is 0 Å².